The van der Waals surface area contributed by atoms with E-state index in [1.165, 1.54) is 6.07 Å². The van der Waals surface area contributed by atoms with E-state index in [1.54, 1.807) is 44.2 Å². The number of halogens is 2. The molecule has 4 rings (SSSR count). The zero-order chi connectivity index (χ0) is 32.9. The van der Waals surface area contributed by atoms with E-state index in [1.807, 2.05) is 0 Å². The van der Waals surface area contributed by atoms with Crippen molar-refractivity contribution in [2.75, 3.05) is 27.0 Å². The van der Waals surface area contributed by atoms with Gasteiger partial charge in [0.25, 0.3) is 5.91 Å². The number of anilines is 3. The number of nitrogens with one attached hydrogen (secondary N) is 3. The maximum Gasteiger partial charge on any atom is 0.255 e. The standard InChI is InChI=1S/C32H35BrClN5O5S/c1-4-7-19-11-25-30(27(40)12-19)29(23(17-35)18(3)36-25)21-14-24(33)31(26(15-21)39-45(43,44)10-5-2)38-32(42)20-8-6-9-22(13-20)37-28(41)16-34/h6,8-9,13-15,19,23,29,39H,4-5,7,10-12,16H2,1-3H3,(H,37,41)(H,38,42). The second kappa shape index (κ2) is 14.7. The number of carbonyl (C=O) groups excluding carboxylic acids is 3. The number of carbonyl (C=O) groups is 3. The van der Waals surface area contributed by atoms with Crippen molar-refractivity contribution in [2.45, 2.75) is 58.8 Å². The molecule has 13 heteroatoms. The Morgan fingerprint density at radius 1 is 1.13 bits per heavy atom. The Kier molecular flexibility index (Phi) is 11.2. The number of hydrogen-bond acceptors (Lipinski definition) is 7. The Hall–Kier alpha value is -3.53. The minimum Gasteiger partial charge on any atom is -0.325 e. The number of sulfonamides is 1. The number of allylic oxidation sites excluding steroid dienone is 2. The molecule has 3 atom stereocenters. The predicted molar refractivity (Wildman–Crippen MR) is 180 cm³/mol. The molecule has 238 valence electrons. The van der Waals surface area contributed by atoms with Crippen LogP contribution in [0.25, 0.3) is 0 Å². The maximum absolute atomic E-state index is 13.6. The highest BCUT2D eigenvalue weighted by Crippen LogP contribution is 2.47. The Balaban J connectivity index is 1.80. The fraction of sp³-hybridized carbons (Fsp3) is 0.406. The second-order valence-electron chi connectivity index (χ2n) is 11.2. The van der Waals surface area contributed by atoms with E-state index in [4.69, 9.17) is 16.6 Å². The van der Waals surface area contributed by atoms with Crippen molar-refractivity contribution in [1.29, 1.82) is 5.26 Å². The number of benzene rings is 2. The van der Waals surface area contributed by atoms with Gasteiger partial charge in [-0.15, -0.1) is 11.6 Å². The molecule has 0 saturated carbocycles. The van der Waals surface area contributed by atoms with Gasteiger partial charge in [-0.3, -0.25) is 24.1 Å². The fourth-order valence-corrected chi connectivity index (χ4v) is 7.68. The topological polar surface area (TPSA) is 158 Å². The Morgan fingerprint density at radius 2 is 1.89 bits per heavy atom. The molecule has 2 amide bonds. The average Bonchev–Trinajstić information content (AvgIpc) is 2.97. The molecule has 0 fully saturated rings. The van der Waals surface area contributed by atoms with Crippen molar-refractivity contribution in [3.05, 3.63) is 63.3 Å². The summed E-state index contributed by atoms with van der Waals surface area (Å²) >= 11 is 9.11. The molecule has 3 unspecified atom stereocenters. The number of alkyl halides is 1. The number of Topliss-reactive ketones (excluding diaryl/α,β-unsaturated/α-hetero) is 1. The normalized spacial score (nSPS) is 19.7. The van der Waals surface area contributed by atoms with Gasteiger partial charge in [-0.2, -0.15) is 5.26 Å². The van der Waals surface area contributed by atoms with Gasteiger partial charge < -0.3 is 10.6 Å². The van der Waals surface area contributed by atoms with Gasteiger partial charge in [0.1, 0.15) is 5.88 Å². The van der Waals surface area contributed by atoms with Crippen molar-refractivity contribution >= 4 is 77.9 Å². The van der Waals surface area contributed by atoms with Crippen LogP contribution in [0.1, 0.15) is 74.7 Å². The number of ketones is 1. The number of hydrogen-bond donors (Lipinski definition) is 3. The molecule has 10 nitrogen and oxygen atoms in total. The summed E-state index contributed by atoms with van der Waals surface area (Å²) in [5.74, 6) is -2.70. The Morgan fingerprint density at radius 3 is 2.56 bits per heavy atom. The summed E-state index contributed by atoms with van der Waals surface area (Å²) in [6.07, 6.45) is 3.20. The molecule has 1 aliphatic heterocycles. The van der Waals surface area contributed by atoms with Gasteiger partial charge in [0, 0.05) is 45.0 Å². The van der Waals surface area contributed by atoms with Crippen LogP contribution >= 0.6 is 27.5 Å². The summed E-state index contributed by atoms with van der Waals surface area (Å²) in [7, 11) is -3.82. The van der Waals surface area contributed by atoms with Crippen LogP contribution in [0, 0.1) is 23.2 Å². The van der Waals surface area contributed by atoms with E-state index >= 15 is 0 Å². The van der Waals surface area contributed by atoms with E-state index in [2.05, 4.69) is 44.3 Å². The molecule has 0 saturated heterocycles. The van der Waals surface area contributed by atoms with Gasteiger partial charge in [0.2, 0.25) is 15.9 Å². The van der Waals surface area contributed by atoms with Crippen molar-refractivity contribution in [2.24, 2.45) is 16.8 Å². The largest absolute Gasteiger partial charge is 0.325 e. The van der Waals surface area contributed by atoms with Gasteiger partial charge in [-0.05, 0) is 83.9 Å². The first-order chi connectivity index (χ1) is 21.4. The molecule has 0 spiro atoms. The van der Waals surface area contributed by atoms with Crippen LogP contribution in [0.2, 0.25) is 0 Å². The quantitative estimate of drug-likeness (QED) is 0.218. The first-order valence-electron chi connectivity index (χ1n) is 14.7. The number of nitriles is 1. The molecule has 2 aliphatic rings. The molecule has 1 aliphatic carbocycles. The van der Waals surface area contributed by atoms with Crippen LogP contribution in [0.4, 0.5) is 17.1 Å². The molecule has 0 radical (unpaired) electrons. The van der Waals surface area contributed by atoms with Gasteiger partial charge in [0.15, 0.2) is 5.78 Å². The monoisotopic (exact) mass is 715 g/mol. The lowest BCUT2D eigenvalue weighted by molar-refractivity contribution is -0.117. The predicted octanol–water partition coefficient (Wildman–Crippen LogP) is 6.76. The molecular weight excluding hydrogens is 682 g/mol. The molecule has 1 heterocycles. The van der Waals surface area contributed by atoms with Crippen LogP contribution in [0.15, 0.2) is 57.1 Å². The van der Waals surface area contributed by atoms with Crippen LogP contribution in [0.3, 0.4) is 0 Å². The van der Waals surface area contributed by atoms with E-state index in [-0.39, 0.29) is 40.3 Å². The summed E-state index contributed by atoms with van der Waals surface area (Å²) in [6.45, 7) is 5.59. The number of aliphatic imine (C=N–C) groups is 1. The minimum atomic E-state index is -3.82. The lowest BCUT2D eigenvalue weighted by atomic mass is 9.70. The third-order valence-corrected chi connectivity index (χ3v) is 10.1. The van der Waals surface area contributed by atoms with Crippen molar-refractivity contribution in [3.8, 4) is 6.07 Å². The van der Waals surface area contributed by atoms with E-state index in [0.29, 0.717) is 52.0 Å². The summed E-state index contributed by atoms with van der Waals surface area (Å²) in [5.41, 5.74) is 3.10. The number of nitrogens with zero attached hydrogens (tertiary/aromatic N) is 2. The minimum absolute atomic E-state index is 0.0565. The smallest absolute Gasteiger partial charge is 0.255 e. The van der Waals surface area contributed by atoms with Gasteiger partial charge in [0.05, 0.1) is 29.1 Å². The lowest BCUT2D eigenvalue weighted by Crippen LogP contribution is -2.33. The van der Waals surface area contributed by atoms with Crippen LogP contribution < -0.4 is 15.4 Å². The van der Waals surface area contributed by atoms with E-state index < -0.39 is 33.7 Å². The number of rotatable bonds is 11. The molecular formula is C32H35BrClN5O5S. The number of amides is 2. The van der Waals surface area contributed by atoms with Crippen LogP contribution in [-0.4, -0.2) is 43.4 Å². The molecule has 0 bridgehead atoms. The zero-order valence-electron chi connectivity index (χ0n) is 25.2. The summed E-state index contributed by atoms with van der Waals surface area (Å²) in [5, 5.41) is 15.6. The Bertz CT molecular complexity index is 1730. The average molecular weight is 717 g/mol. The SMILES string of the molecule is CCCC1CC(=O)C2=C(C1)N=C(C)C(C#N)C2c1cc(Br)c(NC(=O)c2cccc(NC(=O)CCl)c2)c(NS(=O)(=O)CCC)c1. The summed E-state index contributed by atoms with van der Waals surface area (Å²) < 4.78 is 29.0. The van der Waals surface area contributed by atoms with E-state index in [0.717, 1.165) is 12.8 Å². The highest BCUT2D eigenvalue weighted by atomic mass is 79.9. The van der Waals surface area contributed by atoms with Crippen LogP contribution in [0.5, 0.6) is 0 Å². The first-order valence-corrected chi connectivity index (χ1v) is 17.7. The third-order valence-electron chi connectivity index (χ3n) is 7.79. The Labute approximate surface area is 276 Å². The van der Waals surface area contributed by atoms with E-state index in [9.17, 15) is 28.1 Å². The van der Waals surface area contributed by atoms with Crippen LogP contribution in [-0.2, 0) is 19.6 Å². The van der Waals surface area contributed by atoms with Crippen molar-refractivity contribution < 1.29 is 22.8 Å². The highest BCUT2D eigenvalue weighted by Gasteiger charge is 2.41. The van der Waals surface area contributed by atoms with Gasteiger partial charge in [-0.1, -0.05) is 26.3 Å². The zero-order valence-corrected chi connectivity index (χ0v) is 28.4. The molecule has 3 N–H and O–H groups in total. The second-order valence-corrected chi connectivity index (χ2v) is 14.2. The van der Waals surface area contributed by atoms with Gasteiger partial charge in [-0.25, -0.2) is 8.42 Å². The molecule has 2 aromatic carbocycles. The summed E-state index contributed by atoms with van der Waals surface area (Å²) in [6, 6.07) is 11.8. The summed E-state index contributed by atoms with van der Waals surface area (Å²) in [4.78, 5) is 43.4. The molecule has 0 aromatic heterocycles. The fourth-order valence-electron chi connectivity index (χ4n) is 5.90. The third kappa shape index (κ3) is 8.01. The molecule has 2 aromatic rings. The van der Waals surface area contributed by atoms with Gasteiger partial charge >= 0.3 is 0 Å². The van der Waals surface area contributed by atoms with Crippen molar-refractivity contribution in [3.63, 3.8) is 0 Å². The first kappa shape index (κ1) is 34.3. The lowest BCUT2D eigenvalue weighted by Gasteiger charge is -2.35. The molecule has 45 heavy (non-hydrogen) atoms. The van der Waals surface area contributed by atoms with Crippen molar-refractivity contribution in [1.82, 2.24) is 0 Å². The highest BCUT2D eigenvalue weighted by molar-refractivity contribution is 9.10. The maximum atomic E-state index is 13.6.